The first kappa shape index (κ1) is 23.2. The van der Waals surface area contributed by atoms with Gasteiger partial charge in [0.2, 0.25) is 0 Å². The zero-order valence-corrected chi connectivity index (χ0v) is 18.4. The highest BCUT2D eigenvalue weighted by atomic mass is 79.9. The monoisotopic (exact) mass is 512 g/mol. The lowest BCUT2D eigenvalue weighted by molar-refractivity contribution is -0.137. The summed E-state index contributed by atoms with van der Waals surface area (Å²) in [4.78, 5) is 11.0. The molecule has 3 rings (SSSR count). The first-order valence-electron chi connectivity index (χ1n) is 9.22. The van der Waals surface area contributed by atoms with Crippen LogP contribution in [0.15, 0.2) is 65.1 Å². The van der Waals surface area contributed by atoms with E-state index in [0.717, 1.165) is 23.3 Å². The van der Waals surface area contributed by atoms with Crippen LogP contribution in [-0.4, -0.2) is 11.1 Å². The molecule has 0 aromatic heterocycles. The SMILES string of the molecule is O=C(O)c1ccc(CCc2cc(Cl)cc(Br)c2OCc2cccc(C(F)(F)F)c2)cc1. The first-order valence-corrected chi connectivity index (χ1v) is 10.4. The van der Waals surface area contributed by atoms with Gasteiger partial charge in [-0.15, -0.1) is 0 Å². The van der Waals surface area contributed by atoms with Crippen molar-refractivity contribution in [2.75, 3.05) is 0 Å². The Kier molecular flexibility index (Phi) is 7.28. The van der Waals surface area contributed by atoms with Gasteiger partial charge in [0.25, 0.3) is 0 Å². The lowest BCUT2D eigenvalue weighted by Crippen LogP contribution is -2.07. The van der Waals surface area contributed by atoms with Gasteiger partial charge in [0.15, 0.2) is 0 Å². The Labute approximate surface area is 190 Å². The molecule has 1 N–H and O–H groups in total. The van der Waals surface area contributed by atoms with E-state index < -0.39 is 17.7 Å². The van der Waals surface area contributed by atoms with Crippen LogP contribution in [0, 0.1) is 0 Å². The molecule has 0 amide bonds. The van der Waals surface area contributed by atoms with E-state index in [-0.39, 0.29) is 12.2 Å². The molecular weight excluding hydrogens is 497 g/mol. The van der Waals surface area contributed by atoms with Gasteiger partial charge in [0.05, 0.1) is 15.6 Å². The van der Waals surface area contributed by atoms with Crippen molar-refractivity contribution in [3.05, 3.63) is 98.0 Å². The molecule has 0 aliphatic carbocycles. The fourth-order valence-electron chi connectivity index (χ4n) is 3.05. The van der Waals surface area contributed by atoms with Gasteiger partial charge in [-0.3, -0.25) is 0 Å². The maximum atomic E-state index is 12.9. The standard InChI is InChI=1S/C23H17BrClF3O3/c24-20-12-19(25)11-17(9-6-14-4-7-16(8-5-14)22(29)30)21(20)31-13-15-2-1-3-18(10-15)23(26,27)28/h1-5,7-8,10-12H,6,9,13H2,(H,29,30). The minimum absolute atomic E-state index is 0.0372. The normalized spacial score (nSPS) is 11.4. The molecule has 0 bridgehead atoms. The molecule has 0 spiro atoms. The average Bonchev–Trinajstić information content (AvgIpc) is 2.71. The third kappa shape index (κ3) is 6.24. The smallest absolute Gasteiger partial charge is 0.416 e. The Bertz CT molecular complexity index is 1080. The molecule has 0 atom stereocenters. The Morgan fingerprint density at radius 1 is 1.00 bits per heavy atom. The van der Waals surface area contributed by atoms with Gasteiger partial charge in [0.1, 0.15) is 12.4 Å². The van der Waals surface area contributed by atoms with Crippen LogP contribution >= 0.6 is 27.5 Å². The Morgan fingerprint density at radius 3 is 2.35 bits per heavy atom. The van der Waals surface area contributed by atoms with E-state index >= 15 is 0 Å². The van der Waals surface area contributed by atoms with Crippen molar-refractivity contribution < 1.29 is 27.8 Å². The summed E-state index contributed by atoms with van der Waals surface area (Å²) in [5, 5.41) is 9.49. The van der Waals surface area contributed by atoms with Gasteiger partial charge in [0, 0.05) is 5.02 Å². The number of hydrogen-bond acceptors (Lipinski definition) is 2. The van der Waals surface area contributed by atoms with E-state index in [1.807, 2.05) is 0 Å². The number of aryl methyl sites for hydroxylation is 2. The van der Waals surface area contributed by atoms with Gasteiger partial charge in [-0.05, 0) is 81.9 Å². The van der Waals surface area contributed by atoms with Gasteiger partial charge in [-0.2, -0.15) is 13.2 Å². The molecule has 0 saturated carbocycles. The maximum absolute atomic E-state index is 12.9. The fraction of sp³-hybridized carbons (Fsp3) is 0.174. The molecule has 0 heterocycles. The number of rotatable bonds is 7. The molecule has 3 aromatic rings. The summed E-state index contributed by atoms with van der Waals surface area (Å²) in [6, 6.07) is 15.0. The lowest BCUT2D eigenvalue weighted by atomic mass is 10.0. The van der Waals surface area contributed by atoms with Crippen molar-refractivity contribution in [3.63, 3.8) is 0 Å². The number of carbonyl (C=O) groups is 1. The molecule has 3 aromatic carbocycles. The minimum atomic E-state index is -4.42. The van der Waals surface area contributed by atoms with Crippen LogP contribution in [0.5, 0.6) is 5.75 Å². The Hall–Kier alpha value is -2.51. The van der Waals surface area contributed by atoms with Gasteiger partial charge < -0.3 is 9.84 Å². The summed E-state index contributed by atoms with van der Waals surface area (Å²) in [7, 11) is 0. The third-order valence-corrected chi connectivity index (χ3v) is 5.41. The molecule has 0 unspecified atom stereocenters. The van der Waals surface area contributed by atoms with Crippen LogP contribution in [-0.2, 0) is 25.6 Å². The number of hydrogen-bond donors (Lipinski definition) is 1. The molecule has 0 radical (unpaired) electrons. The van der Waals surface area contributed by atoms with Gasteiger partial charge in [-0.1, -0.05) is 35.9 Å². The fourth-order valence-corrected chi connectivity index (χ4v) is 4.04. The van der Waals surface area contributed by atoms with Crippen LogP contribution < -0.4 is 4.74 Å². The molecule has 8 heteroatoms. The number of alkyl halides is 3. The molecule has 3 nitrogen and oxygen atoms in total. The predicted octanol–water partition coefficient (Wildman–Crippen LogP) is 7.18. The zero-order chi connectivity index (χ0) is 22.6. The number of benzene rings is 3. The molecule has 0 saturated heterocycles. The topological polar surface area (TPSA) is 46.5 Å². The quantitative estimate of drug-likeness (QED) is 0.364. The summed E-state index contributed by atoms with van der Waals surface area (Å²) in [5.74, 6) is -0.487. The van der Waals surface area contributed by atoms with Crippen molar-refractivity contribution in [2.24, 2.45) is 0 Å². The van der Waals surface area contributed by atoms with E-state index in [9.17, 15) is 18.0 Å². The molecule has 0 aliphatic rings. The minimum Gasteiger partial charge on any atom is -0.487 e. The van der Waals surface area contributed by atoms with Crippen molar-refractivity contribution in [1.82, 2.24) is 0 Å². The van der Waals surface area contributed by atoms with E-state index in [1.54, 1.807) is 30.3 Å². The van der Waals surface area contributed by atoms with Crippen LogP contribution in [0.2, 0.25) is 5.02 Å². The third-order valence-electron chi connectivity index (χ3n) is 4.61. The molecule has 0 aliphatic heterocycles. The molecule has 162 valence electrons. The second-order valence-corrected chi connectivity index (χ2v) is 8.16. The number of carboxylic acid groups (broad SMARTS) is 1. The van der Waals surface area contributed by atoms with Crippen molar-refractivity contribution >= 4 is 33.5 Å². The first-order chi connectivity index (χ1) is 14.6. The summed E-state index contributed by atoms with van der Waals surface area (Å²) in [5.41, 5.74) is 1.60. The maximum Gasteiger partial charge on any atom is 0.416 e. The van der Waals surface area contributed by atoms with Crippen molar-refractivity contribution in [3.8, 4) is 5.75 Å². The molecular formula is C23H17BrClF3O3. The Balaban J connectivity index is 1.76. The van der Waals surface area contributed by atoms with Crippen LogP contribution in [0.3, 0.4) is 0 Å². The van der Waals surface area contributed by atoms with Crippen LogP contribution in [0.1, 0.15) is 32.6 Å². The average molecular weight is 514 g/mol. The Morgan fingerprint density at radius 2 is 1.71 bits per heavy atom. The molecule has 0 fully saturated rings. The van der Waals surface area contributed by atoms with Crippen molar-refractivity contribution in [1.29, 1.82) is 0 Å². The zero-order valence-electron chi connectivity index (χ0n) is 16.0. The molecule has 31 heavy (non-hydrogen) atoms. The van der Waals surface area contributed by atoms with Crippen molar-refractivity contribution in [2.45, 2.75) is 25.6 Å². The second kappa shape index (κ2) is 9.75. The van der Waals surface area contributed by atoms with Crippen LogP contribution in [0.4, 0.5) is 13.2 Å². The number of halogens is 5. The lowest BCUT2D eigenvalue weighted by Gasteiger charge is -2.15. The number of carboxylic acids is 1. The van der Waals surface area contributed by atoms with Gasteiger partial charge in [-0.25, -0.2) is 4.79 Å². The van der Waals surface area contributed by atoms with E-state index in [2.05, 4.69) is 15.9 Å². The summed E-state index contributed by atoms with van der Waals surface area (Å²) < 4.78 is 45.3. The van der Waals surface area contributed by atoms with E-state index in [4.69, 9.17) is 21.4 Å². The summed E-state index contributed by atoms with van der Waals surface area (Å²) in [6.45, 7) is -0.0372. The number of ether oxygens (including phenoxy) is 1. The largest absolute Gasteiger partial charge is 0.487 e. The highest BCUT2D eigenvalue weighted by Crippen LogP contribution is 2.35. The highest BCUT2D eigenvalue weighted by Gasteiger charge is 2.30. The highest BCUT2D eigenvalue weighted by molar-refractivity contribution is 9.10. The summed E-state index contributed by atoms with van der Waals surface area (Å²) >= 11 is 9.59. The van der Waals surface area contributed by atoms with E-state index in [0.29, 0.717) is 33.6 Å². The second-order valence-electron chi connectivity index (χ2n) is 6.86. The summed E-state index contributed by atoms with van der Waals surface area (Å²) in [6.07, 6.45) is -3.27. The number of aromatic carboxylic acids is 1. The van der Waals surface area contributed by atoms with Crippen LogP contribution in [0.25, 0.3) is 0 Å². The predicted molar refractivity (Wildman–Crippen MR) is 116 cm³/mol. The van der Waals surface area contributed by atoms with E-state index in [1.165, 1.54) is 18.2 Å². The van der Waals surface area contributed by atoms with Gasteiger partial charge >= 0.3 is 12.1 Å².